The molecule has 2 aromatic carbocycles. The van der Waals surface area contributed by atoms with Crippen LogP contribution in [0.5, 0.6) is 0 Å². The van der Waals surface area contributed by atoms with Gasteiger partial charge in [0, 0.05) is 75.6 Å². The summed E-state index contributed by atoms with van der Waals surface area (Å²) in [6.45, 7) is 18.9. The average molecular weight is 866 g/mol. The molecule has 6 aromatic rings. The van der Waals surface area contributed by atoms with Crippen molar-refractivity contribution in [1.29, 1.82) is 0 Å². The summed E-state index contributed by atoms with van der Waals surface area (Å²) in [4.78, 5) is 22.5. The van der Waals surface area contributed by atoms with Crippen molar-refractivity contribution in [3.05, 3.63) is 96.7 Å². The normalized spacial score (nSPS) is 12.5. The number of aliphatic hydroxyl groups excluding tert-OH is 1. The number of pyridine rings is 2. The number of thiophene rings is 1. The number of hydrogen-bond donors (Lipinski definition) is 1. The summed E-state index contributed by atoms with van der Waals surface area (Å²) in [7, 11) is 0. The van der Waals surface area contributed by atoms with Crippen LogP contribution in [-0.4, -0.2) is 20.9 Å². The third kappa shape index (κ3) is 7.81. The first-order valence-corrected chi connectivity index (χ1v) is 18.2. The minimum absolute atomic E-state index is 0. The molecule has 1 N–H and O–H groups in total. The molecular formula is C43H49IrN2O3S-. The second-order valence-electron chi connectivity index (χ2n) is 14.5. The summed E-state index contributed by atoms with van der Waals surface area (Å²) < 4.78 is 6.68. The van der Waals surface area contributed by atoms with Crippen molar-refractivity contribution < 1.29 is 34.4 Å². The molecular weight excluding hydrogens is 817 g/mol. The summed E-state index contributed by atoms with van der Waals surface area (Å²) in [6.07, 6.45) is 10.1. The average Bonchev–Trinajstić information content (AvgIpc) is 3.78. The number of benzene rings is 2. The topological polar surface area (TPSA) is 76.2 Å². The standard InChI is InChI=1S/C28H21N2OS.C15H28O2.Ir/c1-28(2,3)23-15-19(14-17-6-4-5-7-20(17)23)25-26-18(8-11-29-25)16-24(32-26)21-9-12-30-27-22(21)10-13-31-27;1-7-14(5,8-2)12(16)11-13(17)15(6,9-3)10-4;/h4-13,15-16H,1-3H3;11,16H,7-10H2,1-6H3;/q-1;;/b;12-11-;. The minimum atomic E-state index is -0.337. The van der Waals surface area contributed by atoms with Crippen molar-refractivity contribution in [2.45, 2.75) is 93.4 Å². The van der Waals surface area contributed by atoms with Crippen LogP contribution >= 0.6 is 11.3 Å². The Morgan fingerprint density at radius 2 is 1.52 bits per heavy atom. The van der Waals surface area contributed by atoms with E-state index in [1.165, 1.54) is 32.0 Å². The second-order valence-corrected chi connectivity index (χ2v) is 15.6. The zero-order chi connectivity index (χ0) is 35.6. The quantitative estimate of drug-likeness (QED) is 0.0890. The van der Waals surface area contributed by atoms with Gasteiger partial charge in [0.1, 0.15) is 5.76 Å². The number of aromatic nitrogens is 2. The Hall–Kier alpha value is -3.64. The number of fused-ring (bicyclic) bond motifs is 3. The molecule has 0 atom stereocenters. The van der Waals surface area contributed by atoms with Gasteiger partial charge in [0.05, 0.1) is 6.26 Å². The summed E-state index contributed by atoms with van der Waals surface area (Å²) in [6, 6.07) is 22.8. The van der Waals surface area contributed by atoms with Crippen molar-refractivity contribution in [2.75, 3.05) is 0 Å². The molecule has 1 radical (unpaired) electrons. The molecule has 7 heteroatoms. The van der Waals surface area contributed by atoms with E-state index in [-0.39, 0.29) is 47.9 Å². The Labute approximate surface area is 314 Å². The Morgan fingerprint density at radius 1 is 0.860 bits per heavy atom. The van der Waals surface area contributed by atoms with Crippen LogP contribution < -0.4 is 0 Å². The summed E-state index contributed by atoms with van der Waals surface area (Å²) in [5.41, 5.74) is 4.54. The molecule has 6 rings (SSSR count). The van der Waals surface area contributed by atoms with Gasteiger partial charge < -0.3 is 9.52 Å². The van der Waals surface area contributed by atoms with E-state index in [0.29, 0.717) is 5.71 Å². The van der Waals surface area contributed by atoms with Gasteiger partial charge in [0.2, 0.25) is 5.71 Å². The zero-order valence-corrected chi connectivity index (χ0v) is 33.9. The van der Waals surface area contributed by atoms with Gasteiger partial charge in [-0.15, -0.1) is 40.5 Å². The van der Waals surface area contributed by atoms with E-state index >= 15 is 0 Å². The van der Waals surface area contributed by atoms with Crippen LogP contribution in [0.2, 0.25) is 0 Å². The van der Waals surface area contributed by atoms with E-state index in [0.717, 1.165) is 53.3 Å². The van der Waals surface area contributed by atoms with Crippen molar-refractivity contribution in [1.82, 2.24) is 9.97 Å². The van der Waals surface area contributed by atoms with Crippen LogP contribution in [0.3, 0.4) is 0 Å². The smallest absolute Gasteiger partial charge is 0.226 e. The summed E-state index contributed by atoms with van der Waals surface area (Å²) in [5, 5.41) is 14.7. The Kier molecular flexibility index (Phi) is 12.3. The zero-order valence-electron chi connectivity index (χ0n) is 30.7. The van der Waals surface area contributed by atoms with Gasteiger partial charge in [-0.1, -0.05) is 91.5 Å². The molecule has 5 nitrogen and oxygen atoms in total. The maximum absolute atomic E-state index is 12.2. The molecule has 0 aliphatic heterocycles. The molecule has 0 aliphatic rings. The van der Waals surface area contributed by atoms with E-state index in [4.69, 9.17) is 9.40 Å². The first-order chi connectivity index (χ1) is 23.3. The maximum atomic E-state index is 12.2. The van der Waals surface area contributed by atoms with Gasteiger partial charge in [-0.2, -0.15) is 0 Å². The van der Waals surface area contributed by atoms with E-state index in [2.05, 4.69) is 80.4 Å². The van der Waals surface area contributed by atoms with Crippen molar-refractivity contribution in [3.8, 4) is 21.7 Å². The number of hydrogen-bond acceptors (Lipinski definition) is 6. The van der Waals surface area contributed by atoms with Crippen LogP contribution in [0.4, 0.5) is 0 Å². The fourth-order valence-electron chi connectivity index (χ4n) is 6.04. The molecule has 265 valence electrons. The third-order valence-electron chi connectivity index (χ3n) is 10.5. The van der Waals surface area contributed by atoms with Crippen LogP contribution in [0.15, 0.2) is 89.5 Å². The van der Waals surface area contributed by atoms with Crippen LogP contribution in [0.25, 0.3) is 53.7 Å². The number of carbonyl (C=O) groups excluding carboxylic acids is 1. The van der Waals surface area contributed by atoms with E-state index in [1.54, 1.807) is 23.8 Å². The fourth-order valence-corrected chi connectivity index (χ4v) is 7.24. The van der Waals surface area contributed by atoms with E-state index in [9.17, 15) is 9.90 Å². The first-order valence-electron chi connectivity index (χ1n) is 17.4. The minimum Gasteiger partial charge on any atom is -0.512 e. The molecule has 0 saturated heterocycles. The Bertz CT molecular complexity index is 2130. The van der Waals surface area contributed by atoms with Crippen molar-refractivity contribution in [3.63, 3.8) is 0 Å². The molecule has 4 heterocycles. The molecule has 0 bridgehead atoms. The number of rotatable bonds is 9. The van der Waals surface area contributed by atoms with Crippen LogP contribution in [0.1, 0.15) is 93.6 Å². The van der Waals surface area contributed by atoms with E-state index in [1.807, 2.05) is 53.8 Å². The molecule has 0 saturated carbocycles. The first kappa shape index (κ1) is 39.2. The second kappa shape index (κ2) is 15.7. The SMILES string of the molecule is CC(C)(C)c1cc(-c2nccc3cc(-c4ccnc5occc45)sc23)[c-]c2ccccc12.CCC(C)(CC)C(=O)/C=C(\O)C(C)(CC)CC.[Ir]. The predicted octanol–water partition coefficient (Wildman–Crippen LogP) is 12.7. The van der Waals surface area contributed by atoms with Gasteiger partial charge in [0.15, 0.2) is 5.78 Å². The molecule has 4 aromatic heterocycles. The summed E-state index contributed by atoms with van der Waals surface area (Å²) >= 11 is 1.76. The fraction of sp³-hybridized carbons (Fsp3) is 0.372. The number of aliphatic hydroxyl groups is 1. The van der Waals surface area contributed by atoms with Gasteiger partial charge >= 0.3 is 0 Å². The number of nitrogens with zero attached hydrogens (tertiary/aromatic N) is 2. The van der Waals surface area contributed by atoms with Crippen molar-refractivity contribution >= 4 is 49.1 Å². The summed E-state index contributed by atoms with van der Waals surface area (Å²) in [5.74, 6) is 0.286. The monoisotopic (exact) mass is 866 g/mol. The Balaban J connectivity index is 0.000000269. The number of furan rings is 1. The van der Waals surface area contributed by atoms with Gasteiger partial charge in [-0.3, -0.25) is 9.78 Å². The van der Waals surface area contributed by atoms with Gasteiger partial charge in [-0.05, 0) is 60.7 Å². The maximum Gasteiger partial charge on any atom is 0.226 e. The molecule has 0 spiro atoms. The molecule has 0 unspecified atom stereocenters. The van der Waals surface area contributed by atoms with Crippen LogP contribution in [-0.2, 0) is 30.3 Å². The van der Waals surface area contributed by atoms with Crippen molar-refractivity contribution in [2.24, 2.45) is 10.8 Å². The Morgan fingerprint density at radius 3 is 2.18 bits per heavy atom. The van der Waals surface area contributed by atoms with Gasteiger partial charge in [-0.25, -0.2) is 4.98 Å². The number of ketones is 1. The van der Waals surface area contributed by atoms with Crippen LogP contribution in [0, 0.1) is 16.9 Å². The molecule has 0 aliphatic carbocycles. The van der Waals surface area contributed by atoms with E-state index < -0.39 is 0 Å². The predicted molar refractivity (Wildman–Crippen MR) is 206 cm³/mol. The number of carbonyl (C=O) groups is 1. The van der Waals surface area contributed by atoms with Gasteiger partial charge in [0.25, 0.3) is 0 Å². The largest absolute Gasteiger partial charge is 0.512 e. The number of allylic oxidation sites excluding steroid dienone is 2. The third-order valence-corrected chi connectivity index (χ3v) is 11.7. The molecule has 0 amide bonds. The molecule has 0 fully saturated rings. The molecule has 50 heavy (non-hydrogen) atoms.